The number of hydrogen-bond acceptors (Lipinski definition) is 3. The Kier molecular flexibility index (Phi) is 5.08. The summed E-state index contributed by atoms with van der Waals surface area (Å²) in [4.78, 5) is 0.290. The van der Waals surface area contributed by atoms with E-state index in [1.54, 1.807) is 24.3 Å². The summed E-state index contributed by atoms with van der Waals surface area (Å²) in [6, 6.07) is 16.5. The highest BCUT2D eigenvalue weighted by Crippen LogP contribution is 2.32. The lowest BCUT2D eigenvalue weighted by Gasteiger charge is -2.36. The van der Waals surface area contributed by atoms with E-state index < -0.39 is 16.1 Å². The fourth-order valence-electron chi connectivity index (χ4n) is 3.20. The Labute approximate surface area is 149 Å². The van der Waals surface area contributed by atoms with Gasteiger partial charge in [0.25, 0.3) is 0 Å². The molecule has 2 atom stereocenters. The molecule has 0 saturated carbocycles. The summed E-state index contributed by atoms with van der Waals surface area (Å²) in [6.07, 6.45) is -0.182. The summed E-state index contributed by atoms with van der Waals surface area (Å²) in [5.74, 6) is -0.309. The first-order valence-electron chi connectivity index (χ1n) is 8.38. The van der Waals surface area contributed by atoms with Gasteiger partial charge in [0.2, 0.25) is 10.0 Å². The molecule has 1 aliphatic rings. The van der Waals surface area contributed by atoms with Crippen LogP contribution in [0.2, 0.25) is 0 Å². The zero-order valence-electron chi connectivity index (χ0n) is 14.3. The van der Waals surface area contributed by atoms with Gasteiger partial charge in [-0.2, -0.15) is 4.31 Å². The Morgan fingerprint density at radius 3 is 2.40 bits per heavy atom. The third kappa shape index (κ3) is 3.68. The number of rotatable bonds is 4. The van der Waals surface area contributed by atoms with Gasteiger partial charge in [-0.25, -0.2) is 8.42 Å². The Morgan fingerprint density at radius 1 is 1.12 bits per heavy atom. The average Bonchev–Trinajstić information content (AvgIpc) is 2.62. The van der Waals surface area contributed by atoms with Gasteiger partial charge >= 0.3 is 0 Å². The Bertz CT molecular complexity index is 844. The van der Waals surface area contributed by atoms with Gasteiger partial charge in [-0.3, -0.25) is 0 Å². The molecule has 0 unspecified atom stereocenters. The van der Waals surface area contributed by atoms with Crippen LogP contribution in [-0.4, -0.2) is 37.0 Å². The maximum Gasteiger partial charge on any atom is 0.243 e. The van der Waals surface area contributed by atoms with Gasteiger partial charge in [-0.15, -0.1) is 0 Å². The van der Waals surface area contributed by atoms with E-state index >= 15 is 0 Å². The highest BCUT2D eigenvalue weighted by atomic mass is 32.2. The van der Waals surface area contributed by atoms with Crippen LogP contribution in [0.4, 0.5) is 0 Å². The molecule has 1 aliphatic heterocycles. The van der Waals surface area contributed by atoms with Crippen molar-refractivity contribution in [3.8, 4) is 0 Å². The summed E-state index contributed by atoms with van der Waals surface area (Å²) in [5.41, 5.74) is 2.72. The monoisotopic (exact) mass is 357 g/mol. The van der Waals surface area contributed by atoms with Gasteiger partial charge in [0.1, 0.15) is 0 Å². The summed E-state index contributed by atoms with van der Waals surface area (Å²) in [6.45, 7) is 6.60. The van der Waals surface area contributed by atoms with Gasteiger partial charge in [0.15, 0.2) is 0 Å². The number of nitrogens with zero attached hydrogens (tertiary/aromatic N) is 1. The molecule has 1 heterocycles. The van der Waals surface area contributed by atoms with E-state index in [1.807, 2.05) is 37.3 Å². The minimum Gasteiger partial charge on any atom is -0.392 e. The summed E-state index contributed by atoms with van der Waals surface area (Å²) < 4.78 is 27.3. The number of aliphatic hydroxyl groups excluding tert-OH is 1. The van der Waals surface area contributed by atoms with E-state index in [2.05, 4.69) is 6.58 Å². The Hall–Kier alpha value is -1.95. The maximum absolute atomic E-state index is 12.9. The molecule has 25 heavy (non-hydrogen) atoms. The van der Waals surface area contributed by atoms with Gasteiger partial charge in [-0.1, -0.05) is 54.6 Å². The first-order chi connectivity index (χ1) is 11.9. The van der Waals surface area contributed by atoms with Crippen LogP contribution in [-0.2, 0) is 10.0 Å². The van der Waals surface area contributed by atoms with Crippen molar-refractivity contribution >= 4 is 15.6 Å². The van der Waals surface area contributed by atoms with Gasteiger partial charge in [0.05, 0.1) is 11.0 Å². The molecule has 0 aliphatic carbocycles. The lowest BCUT2D eigenvalue weighted by molar-refractivity contribution is 0.0803. The van der Waals surface area contributed by atoms with Crippen LogP contribution < -0.4 is 0 Å². The quantitative estimate of drug-likeness (QED) is 0.915. The van der Waals surface area contributed by atoms with Crippen LogP contribution in [0.3, 0.4) is 0 Å². The molecule has 1 saturated heterocycles. The molecule has 2 aromatic rings. The molecule has 0 spiro atoms. The first kappa shape index (κ1) is 17.9. The van der Waals surface area contributed by atoms with E-state index in [4.69, 9.17) is 0 Å². The SMILES string of the molecule is C=C(c1ccccc1)[C@@H]1CN(S(=O)(=O)c2ccc(C)cc2)CC[C@H]1O. The lowest BCUT2D eigenvalue weighted by Crippen LogP contribution is -2.46. The number of piperidine rings is 1. The second-order valence-corrected chi connectivity index (χ2v) is 8.47. The molecule has 1 N–H and O–H groups in total. The van der Waals surface area contributed by atoms with E-state index in [9.17, 15) is 13.5 Å². The molecule has 3 rings (SSSR count). The predicted molar refractivity (Wildman–Crippen MR) is 99.5 cm³/mol. The van der Waals surface area contributed by atoms with E-state index in [1.165, 1.54) is 4.31 Å². The average molecular weight is 357 g/mol. The van der Waals surface area contributed by atoms with E-state index in [0.29, 0.717) is 17.9 Å². The standard InChI is InChI=1S/C20H23NO3S/c1-15-8-10-18(11-9-15)25(23,24)21-13-12-20(22)19(14-21)16(2)17-6-4-3-5-7-17/h3-11,19-20,22H,2,12-14H2,1H3/t19-,20+/m0/s1. The third-order valence-electron chi connectivity index (χ3n) is 4.79. The zero-order chi connectivity index (χ0) is 18.0. The van der Waals surface area contributed by atoms with Crippen molar-refractivity contribution in [1.29, 1.82) is 0 Å². The molecule has 4 nitrogen and oxygen atoms in total. The van der Waals surface area contributed by atoms with E-state index in [0.717, 1.165) is 16.7 Å². The lowest BCUT2D eigenvalue weighted by atomic mass is 9.86. The van der Waals surface area contributed by atoms with Crippen molar-refractivity contribution < 1.29 is 13.5 Å². The van der Waals surface area contributed by atoms with Crippen LogP contribution in [0, 0.1) is 12.8 Å². The number of aryl methyl sites for hydroxylation is 1. The Morgan fingerprint density at radius 2 is 1.76 bits per heavy atom. The molecule has 5 heteroatoms. The molecule has 132 valence electrons. The Balaban J connectivity index is 1.85. The van der Waals surface area contributed by atoms with Crippen LogP contribution in [0.25, 0.3) is 5.57 Å². The predicted octanol–water partition coefficient (Wildman–Crippen LogP) is 3.08. The van der Waals surface area contributed by atoms with Crippen LogP contribution in [0.5, 0.6) is 0 Å². The number of sulfonamides is 1. The van der Waals surface area contributed by atoms with Crippen molar-refractivity contribution in [3.63, 3.8) is 0 Å². The van der Waals surface area contributed by atoms with Crippen molar-refractivity contribution in [3.05, 3.63) is 72.3 Å². The van der Waals surface area contributed by atoms with Crippen molar-refractivity contribution in [2.24, 2.45) is 5.92 Å². The third-order valence-corrected chi connectivity index (χ3v) is 6.67. The van der Waals surface area contributed by atoms with Crippen molar-refractivity contribution in [2.75, 3.05) is 13.1 Å². The highest BCUT2D eigenvalue weighted by molar-refractivity contribution is 7.89. The van der Waals surface area contributed by atoms with E-state index in [-0.39, 0.29) is 12.5 Å². The first-order valence-corrected chi connectivity index (χ1v) is 9.82. The van der Waals surface area contributed by atoms with Crippen molar-refractivity contribution in [1.82, 2.24) is 4.31 Å². The summed E-state index contributed by atoms with van der Waals surface area (Å²) in [5, 5.41) is 10.4. The second-order valence-electron chi connectivity index (χ2n) is 6.53. The van der Waals surface area contributed by atoms with Gasteiger partial charge < -0.3 is 5.11 Å². The molecular weight excluding hydrogens is 334 g/mol. The van der Waals surface area contributed by atoms with Gasteiger partial charge in [0, 0.05) is 19.0 Å². The molecule has 1 fully saturated rings. The molecule has 0 amide bonds. The highest BCUT2D eigenvalue weighted by Gasteiger charge is 2.36. The van der Waals surface area contributed by atoms with Crippen LogP contribution >= 0.6 is 0 Å². The maximum atomic E-state index is 12.9. The number of benzene rings is 2. The minimum absolute atomic E-state index is 0.241. The van der Waals surface area contributed by atoms with Crippen LogP contribution in [0.15, 0.2) is 66.1 Å². The van der Waals surface area contributed by atoms with Crippen molar-refractivity contribution in [2.45, 2.75) is 24.3 Å². The number of hydrogen-bond donors (Lipinski definition) is 1. The molecule has 0 bridgehead atoms. The summed E-state index contributed by atoms with van der Waals surface area (Å²) >= 11 is 0. The zero-order valence-corrected chi connectivity index (χ0v) is 15.1. The molecule has 2 aromatic carbocycles. The van der Waals surface area contributed by atoms with Gasteiger partial charge in [-0.05, 0) is 36.6 Å². The molecular formula is C20H23NO3S. The van der Waals surface area contributed by atoms with Crippen LogP contribution in [0.1, 0.15) is 17.5 Å². The second kappa shape index (κ2) is 7.12. The molecule has 0 radical (unpaired) electrons. The fourth-order valence-corrected chi connectivity index (χ4v) is 4.68. The normalized spacial score (nSPS) is 21.8. The number of aliphatic hydroxyl groups is 1. The smallest absolute Gasteiger partial charge is 0.243 e. The minimum atomic E-state index is -3.57. The largest absolute Gasteiger partial charge is 0.392 e. The topological polar surface area (TPSA) is 57.6 Å². The molecule has 0 aromatic heterocycles. The summed E-state index contributed by atoms with van der Waals surface area (Å²) in [7, 11) is -3.57. The fraction of sp³-hybridized carbons (Fsp3) is 0.300.